The summed E-state index contributed by atoms with van der Waals surface area (Å²) < 4.78 is 2.23. The first-order valence-electron chi connectivity index (χ1n) is 11.2. The lowest BCUT2D eigenvalue weighted by molar-refractivity contribution is 0.0953. The molecule has 1 heterocycles. The predicted octanol–water partition coefficient (Wildman–Crippen LogP) is 5.23. The van der Waals surface area contributed by atoms with Gasteiger partial charge in [0.25, 0.3) is 5.91 Å². The summed E-state index contributed by atoms with van der Waals surface area (Å²) in [6.45, 7) is 10.0. The van der Waals surface area contributed by atoms with Gasteiger partial charge < -0.3 is 15.2 Å². The van der Waals surface area contributed by atoms with Gasteiger partial charge in [0.2, 0.25) is 0 Å². The second kappa shape index (κ2) is 11.0. The molecule has 0 bridgehead atoms. The van der Waals surface area contributed by atoms with Gasteiger partial charge in [0, 0.05) is 36.9 Å². The van der Waals surface area contributed by atoms with Crippen LogP contribution in [0.15, 0.2) is 65.9 Å². The molecule has 2 N–H and O–H groups in total. The summed E-state index contributed by atoms with van der Waals surface area (Å²) >= 11 is 0. The number of hydrogen-bond donors (Lipinski definition) is 2. The van der Waals surface area contributed by atoms with Crippen molar-refractivity contribution < 1.29 is 4.79 Å². The summed E-state index contributed by atoms with van der Waals surface area (Å²) in [6.07, 6.45) is 14.0. The van der Waals surface area contributed by atoms with Gasteiger partial charge in [-0.25, -0.2) is 0 Å². The number of nitrogens with one attached hydrogen (secondary N) is 2. The van der Waals surface area contributed by atoms with Crippen molar-refractivity contribution in [2.24, 2.45) is 5.92 Å². The molecule has 1 aliphatic carbocycles. The smallest absolute Gasteiger partial charge is 0.251 e. The summed E-state index contributed by atoms with van der Waals surface area (Å²) in [4.78, 5) is 12.6. The number of allylic oxidation sites excluding steroid dienone is 5. The second-order valence-corrected chi connectivity index (χ2v) is 8.45. The molecule has 0 aliphatic heterocycles. The molecule has 0 unspecified atom stereocenters. The van der Waals surface area contributed by atoms with E-state index in [1.165, 1.54) is 16.5 Å². The number of benzene rings is 1. The number of fused-ring (bicyclic) bond motifs is 1. The predicted molar refractivity (Wildman–Crippen MR) is 127 cm³/mol. The monoisotopic (exact) mass is 405 g/mol. The third kappa shape index (κ3) is 6.20. The van der Waals surface area contributed by atoms with Crippen LogP contribution in [0, 0.1) is 5.92 Å². The Morgan fingerprint density at radius 2 is 2.07 bits per heavy atom. The molecule has 0 fully saturated rings. The van der Waals surface area contributed by atoms with Crippen molar-refractivity contribution in [1.82, 2.24) is 15.2 Å². The fourth-order valence-corrected chi connectivity index (χ4v) is 3.77. The van der Waals surface area contributed by atoms with Crippen molar-refractivity contribution in [2.75, 3.05) is 19.6 Å². The molecule has 4 nitrogen and oxygen atoms in total. The van der Waals surface area contributed by atoms with E-state index in [4.69, 9.17) is 0 Å². The molecular weight excluding hydrogens is 370 g/mol. The minimum Gasteiger partial charge on any atom is -0.352 e. The first-order valence-corrected chi connectivity index (χ1v) is 11.2. The Hall–Kier alpha value is -2.59. The van der Waals surface area contributed by atoms with Gasteiger partial charge in [-0.1, -0.05) is 56.7 Å². The highest BCUT2D eigenvalue weighted by molar-refractivity contribution is 5.98. The molecular formula is C26H35N3O. The van der Waals surface area contributed by atoms with Crippen molar-refractivity contribution in [1.29, 1.82) is 0 Å². The van der Waals surface area contributed by atoms with Gasteiger partial charge in [0.05, 0.1) is 0 Å². The molecule has 0 radical (unpaired) electrons. The molecule has 1 aromatic carbocycles. The Balaban J connectivity index is 1.43. The molecule has 4 heteroatoms. The fraction of sp³-hybridized carbons (Fsp3) is 0.423. The number of rotatable bonds is 10. The number of carbonyl (C=O) groups excluding carboxylic acids is 1. The zero-order valence-corrected chi connectivity index (χ0v) is 18.6. The minimum atomic E-state index is 0.00327. The van der Waals surface area contributed by atoms with Crippen LogP contribution in [0.25, 0.3) is 10.9 Å². The van der Waals surface area contributed by atoms with Crippen LogP contribution in [0.1, 0.15) is 50.4 Å². The first-order chi connectivity index (χ1) is 14.6. The number of aromatic nitrogens is 1. The number of nitrogens with zero attached hydrogens (tertiary/aromatic N) is 1. The van der Waals surface area contributed by atoms with E-state index in [0.29, 0.717) is 12.5 Å². The Labute approximate surface area is 180 Å². The average Bonchev–Trinajstić information content (AvgIpc) is 2.97. The maximum absolute atomic E-state index is 12.6. The molecule has 160 valence electrons. The van der Waals surface area contributed by atoms with Crippen molar-refractivity contribution in [3.8, 4) is 0 Å². The molecule has 0 atom stereocenters. The maximum Gasteiger partial charge on any atom is 0.251 e. The molecule has 30 heavy (non-hydrogen) atoms. The highest BCUT2D eigenvalue weighted by Gasteiger charge is 2.09. The van der Waals surface area contributed by atoms with E-state index in [2.05, 4.69) is 72.5 Å². The zero-order valence-electron chi connectivity index (χ0n) is 18.6. The van der Waals surface area contributed by atoms with E-state index in [1.807, 2.05) is 18.2 Å². The van der Waals surface area contributed by atoms with Crippen LogP contribution in [-0.2, 0) is 6.54 Å². The minimum absolute atomic E-state index is 0.00327. The Kier molecular flexibility index (Phi) is 8.09. The number of hydrogen-bond acceptors (Lipinski definition) is 2. The lowest BCUT2D eigenvalue weighted by Crippen LogP contribution is -2.28. The maximum atomic E-state index is 12.6. The van der Waals surface area contributed by atoms with Crippen molar-refractivity contribution in [3.05, 3.63) is 71.5 Å². The largest absolute Gasteiger partial charge is 0.352 e. The molecule has 0 saturated carbocycles. The van der Waals surface area contributed by atoms with Crippen LogP contribution in [0.2, 0.25) is 0 Å². The van der Waals surface area contributed by atoms with E-state index >= 15 is 0 Å². The van der Waals surface area contributed by atoms with Gasteiger partial charge in [-0.3, -0.25) is 4.79 Å². The quantitative estimate of drug-likeness (QED) is 0.532. The molecule has 1 aliphatic rings. The third-order valence-electron chi connectivity index (χ3n) is 5.39. The third-order valence-corrected chi connectivity index (χ3v) is 5.39. The fourth-order valence-electron chi connectivity index (χ4n) is 3.77. The normalized spacial score (nSPS) is 14.0. The SMILES string of the molecule is CCC1=CC=CCC(CNCCCNC(=O)c2ccc3ccn(CC(C)C)c3c2)=C1. The van der Waals surface area contributed by atoms with Crippen LogP contribution in [0.5, 0.6) is 0 Å². The van der Waals surface area contributed by atoms with Gasteiger partial charge in [-0.2, -0.15) is 0 Å². The van der Waals surface area contributed by atoms with E-state index in [0.717, 1.165) is 50.0 Å². The average molecular weight is 406 g/mol. The molecule has 0 spiro atoms. The van der Waals surface area contributed by atoms with Gasteiger partial charge >= 0.3 is 0 Å². The van der Waals surface area contributed by atoms with Crippen molar-refractivity contribution in [3.63, 3.8) is 0 Å². The Morgan fingerprint density at radius 3 is 2.87 bits per heavy atom. The van der Waals surface area contributed by atoms with E-state index in [1.54, 1.807) is 0 Å². The summed E-state index contributed by atoms with van der Waals surface area (Å²) in [5, 5.41) is 7.74. The summed E-state index contributed by atoms with van der Waals surface area (Å²) in [6, 6.07) is 8.08. The summed E-state index contributed by atoms with van der Waals surface area (Å²) in [5.74, 6) is 0.573. The van der Waals surface area contributed by atoms with Gasteiger partial charge in [0.15, 0.2) is 0 Å². The number of carbonyl (C=O) groups is 1. The Bertz CT molecular complexity index is 946. The van der Waals surface area contributed by atoms with E-state index in [9.17, 15) is 4.79 Å². The summed E-state index contributed by atoms with van der Waals surface area (Å²) in [7, 11) is 0. The lowest BCUT2D eigenvalue weighted by Gasteiger charge is -2.10. The molecule has 2 aromatic rings. The van der Waals surface area contributed by atoms with Crippen LogP contribution < -0.4 is 10.6 Å². The van der Waals surface area contributed by atoms with Gasteiger partial charge in [-0.15, -0.1) is 0 Å². The standard InChI is InChI=1S/C26H35N3O/c1-4-21-8-5-6-9-22(16-21)18-27-13-7-14-28-26(30)24-11-10-23-12-15-29(19-20(2)3)25(23)17-24/h5-6,8,10-12,15-17,20,27H,4,7,9,13-14,18-19H2,1-3H3,(H,28,30). The van der Waals surface area contributed by atoms with Gasteiger partial charge in [0.1, 0.15) is 0 Å². The molecule has 0 saturated heterocycles. The van der Waals surface area contributed by atoms with Crippen LogP contribution in [0.3, 0.4) is 0 Å². The van der Waals surface area contributed by atoms with Crippen LogP contribution in [0.4, 0.5) is 0 Å². The van der Waals surface area contributed by atoms with Crippen molar-refractivity contribution in [2.45, 2.75) is 46.6 Å². The van der Waals surface area contributed by atoms with E-state index in [-0.39, 0.29) is 5.91 Å². The summed E-state index contributed by atoms with van der Waals surface area (Å²) in [5.41, 5.74) is 4.65. The van der Waals surface area contributed by atoms with Crippen molar-refractivity contribution >= 4 is 16.8 Å². The van der Waals surface area contributed by atoms with E-state index < -0.39 is 0 Å². The van der Waals surface area contributed by atoms with Gasteiger partial charge in [-0.05, 0) is 60.9 Å². The first kappa shape index (κ1) is 22.1. The van der Waals surface area contributed by atoms with Crippen LogP contribution in [-0.4, -0.2) is 30.1 Å². The highest BCUT2D eigenvalue weighted by atomic mass is 16.1. The molecule has 3 rings (SSSR count). The topological polar surface area (TPSA) is 46.1 Å². The molecule has 1 aromatic heterocycles. The highest BCUT2D eigenvalue weighted by Crippen LogP contribution is 2.19. The molecule has 1 amide bonds. The number of amides is 1. The Morgan fingerprint density at radius 1 is 1.20 bits per heavy atom. The van der Waals surface area contributed by atoms with Crippen LogP contribution >= 0.6 is 0 Å². The zero-order chi connectivity index (χ0) is 21.3. The lowest BCUT2D eigenvalue weighted by atomic mass is 10.1. The second-order valence-electron chi connectivity index (χ2n) is 8.45.